The molecule has 0 spiro atoms. The molecular weight excluding hydrogens is 200 g/mol. The van der Waals surface area contributed by atoms with E-state index in [1.165, 1.54) is 5.56 Å². The highest BCUT2D eigenvalue weighted by atomic mass is 15.1. The van der Waals surface area contributed by atoms with E-state index in [2.05, 4.69) is 21.3 Å². The summed E-state index contributed by atoms with van der Waals surface area (Å²) in [6.45, 7) is 4.58. The van der Waals surface area contributed by atoms with Gasteiger partial charge in [-0.15, -0.1) is 0 Å². The van der Waals surface area contributed by atoms with Crippen LogP contribution in [0.4, 0.5) is 5.82 Å². The molecule has 1 aromatic heterocycles. The first-order valence-corrected chi connectivity index (χ1v) is 5.50. The second kappa shape index (κ2) is 6.81. The Labute approximate surface area is 96.9 Å². The molecule has 0 aliphatic rings. The molecule has 0 radical (unpaired) electrons. The molecule has 0 bridgehead atoms. The summed E-state index contributed by atoms with van der Waals surface area (Å²) in [7, 11) is 2.02. The highest BCUT2D eigenvalue weighted by Gasteiger charge is 2.01. The Morgan fingerprint density at radius 2 is 2.38 bits per heavy atom. The summed E-state index contributed by atoms with van der Waals surface area (Å²) in [5.41, 5.74) is 1.21. The minimum atomic E-state index is 0.571. The van der Waals surface area contributed by atoms with Crippen LogP contribution in [0.2, 0.25) is 0 Å². The van der Waals surface area contributed by atoms with Gasteiger partial charge in [-0.25, -0.2) is 4.98 Å². The number of nitrogens with zero attached hydrogens (tertiary/aromatic N) is 3. The predicted molar refractivity (Wildman–Crippen MR) is 65.0 cm³/mol. The fraction of sp³-hybridized carbons (Fsp3) is 0.500. The lowest BCUT2D eigenvalue weighted by Crippen LogP contribution is -2.18. The van der Waals surface area contributed by atoms with Gasteiger partial charge in [-0.2, -0.15) is 5.26 Å². The maximum Gasteiger partial charge on any atom is 0.126 e. The Morgan fingerprint density at radius 3 is 3.06 bits per heavy atom. The van der Waals surface area contributed by atoms with Gasteiger partial charge in [-0.05, 0) is 31.7 Å². The Balaban J connectivity index is 2.53. The summed E-state index contributed by atoms with van der Waals surface area (Å²) in [6.07, 6.45) is 2.38. The average molecular weight is 218 g/mol. The van der Waals surface area contributed by atoms with Crippen molar-refractivity contribution in [1.29, 1.82) is 5.26 Å². The molecular formula is C12H18N4. The van der Waals surface area contributed by atoms with Gasteiger partial charge in [0, 0.05) is 32.3 Å². The minimum absolute atomic E-state index is 0.571. The molecule has 1 heterocycles. The van der Waals surface area contributed by atoms with Crippen LogP contribution >= 0.6 is 0 Å². The molecule has 0 fully saturated rings. The summed E-state index contributed by atoms with van der Waals surface area (Å²) < 4.78 is 0. The van der Waals surface area contributed by atoms with Crippen LogP contribution in [-0.4, -0.2) is 30.0 Å². The third-order valence-electron chi connectivity index (χ3n) is 2.24. The van der Waals surface area contributed by atoms with Crippen LogP contribution in [-0.2, 0) is 6.54 Å². The zero-order chi connectivity index (χ0) is 11.8. The maximum absolute atomic E-state index is 8.50. The Kier molecular flexibility index (Phi) is 5.30. The summed E-state index contributed by atoms with van der Waals surface area (Å²) in [5.74, 6) is 0.911. The van der Waals surface area contributed by atoms with Crippen molar-refractivity contribution in [3.05, 3.63) is 23.9 Å². The summed E-state index contributed by atoms with van der Waals surface area (Å²) in [4.78, 5) is 6.35. The van der Waals surface area contributed by atoms with Crippen LogP contribution in [0.1, 0.15) is 18.9 Å². The van der Waals surface area contributed by atoms with Crippen molar-refractivity contribution < 1.29 is 0 Å². The number of nitriles is 1. The zero-order valence-electron chi connectivity index (χ0n) is 9.90. The van der Waals surface area contributed by atoms with Crippen molar-refractivity contribution in [2.75, 3.05) is 25.5 Å². The van der Waals surface area contributed by atoms with Gasteiger partial charge in [-0.1, -0.05) is 0 Å². The van der Waals surface area contributed by atoms with Crippen LogP contribution in [0.15, 0.2) is 18.3 Å². The molecule has 0 atom stereocenters. The molecule has 0 unspecified atom stereocenters. The van der Waals surface area contributed by atoms with E-state index >= 15 is 0 Å². The van der Waals surface area contributed by atoms with Gasteiger partial charge in [0.05, 0.1) is 6.07 Å². The van der Waals surface area contributed by atoms with Crippen LogP contribution in [0.25, 0.3) is 0 Å². The van der Waals surface area contributed by atoms with E-state index < -0.39 is 0 Å². The molecule has 0 aliphatic heterocycles. The molecule has 1 aromatic rings. The first-order valence-electron chi connectivity index (χ1n) is 5.50. The molecule has 0 saturated heterocycles. The van der Waals surface area contributed by atoms with Gasteiger partial charge in [0.1, 0.15) is 5.82 Å². The van der Waals surface area contributed by atoms with E-state index in [1.54, 1.807) is 0 Å². The van der Waals surface area contributed by atoms with Gasteiger partial charge in [0.25, 0.3) is 0 Å². The van der Waals surface area contributed by atoms with Gasteiger partial charge in [0.2, 0.25) is 0 Å². The van der Waals surface area contributed by atoms with Crippen LogP contribution < -0.4 is 5.32 Å². The summed E-state index contributed by atoms with van der Waals surface area (Å²) in [5, 5.41) is 11.7. The van der Waals surface area contributed by atoms with Crippen molar-refractivity contribution in [3.8, 4) is 6.07 Å². The summed E-state index contributed by atoms with van der Waals surface area (Å²) in [6, 6.07) is 6.20. The number of aromatic nitrogens is 1. The van der Waals surface area contributed by atoms with Crippen molar-refractivity contribution >= 4 is 5.82 Å². The Bertz CT molecular complexity index is 356. The first-order chi connectivity index (χ1) is 7.76. The molecule has 0 aliphatic carbocycles. The number of hydrogen-bond acceptors (Lipinski definition) is 4. The fourth-order valence-corrected chi connectivity index (χ4v) is 1.48. The number of rotatable bonds is 6. The molecule has 0 aromatic carbocycles. The van der Waals surface area contributed by atoms with Gasteiger partial charge in [-0.3, -0.25) is 0 Å². The molecule has 1 rings (SSSR count). The predicted octanol–water partition coefficient (Wildman–Crippen LogP) is 1.86. The van der Waals surface area contributed by atoms with E-state index in [1.807, 2.05) is 32.3 Å². The molecule has 1 N–H and O–H groups in total. The lowest BCUT2D eigenvalue weighted by Gasteiger charge is -2.15. The maximum atomic E-state index is 8.50. The van der Waals surface area contributed by atoms with E-state index in [9.17, 15) is 0 Å². The molecule has 16 heavy (non-hydrogen) atoms. The number of nitrogens with one attached hydrogen (secondary N) is 1. The highest BCUT2D eigenvalue weighted by molar-refractivity contribution is 5.37. The molecule has 4 heteroatoms. The highest BCUT2D eigenvalue weighted by Crippen LogP contribution is 2.08. The van der Waals surface area contributed by atoms with Crippen molar-refractivity contribution in [3.63, 3.8) is 0 Å². The third-order valence-corrected chi connectivity index (χ3v) is 2.24. The van der Waals surface area contributed by atoms with Crippen molar-refractivity contribution in [1.82, 2.24) is 9.88 Å². The lowest BCUT2D eigenvalue weighted by atomic mass is 10.2. The number of pyridine rings is 1. The SMILES string of the molecule is CCNc1cc(CN(C)CCC#N)ccn1. The average Bonchev–Trinajstić information content (AvgIpc) is 2.27. The van der Waals surface area contributed by atoms with Gasteiger partial charge in [0.15, 0.2) is 0 Å². The number of hydrogen-bond donors (Lipinski definition) is 1. The van der Waals surface area contributed by atoms with Gasteiger partial charge < -0.3 is 10.2 Å². The van der Waals surface area contributed by atoms with E-state index in [4.69, 9.17) is 5.26 Å². The van der Waals surface area contributed by atoms with Gasteiger partial charge >= 0.3 is 0 Å². The fourth-order valence-electron chi connectivity index (χ4n) is 1.48. The zero-order valence-corrected chi connectivity index (χ0v) is 9.90. The van der Waals surface area contributed by atoms with Crippen LogP contribution in [0.3, 0.4) is 0 Å². The topological polar surface area (TPSA) is 52.0 Å². The van der Waals surface area contributed by atoms with E-state index in [-0.39, 0.29) is 0 Å². The van der Waals surface area contributed by atoms with Crippen LogP contribution in [0, 0.1) is 11.3 Å². The summed E-state index contributed by atoms with van der Waals surface area (Å²) >= 11 is 0. The lowest BCUT2D eigenvalue weighted by molar-refractivity contribution is 0.335. The first kappa shape index (κ1) is 12.5. The molecule has 0 saturated carbocycles. The monoisotopic (exact) mass is 218 g/mol. The standard InChI is InChI=1S/C12H18N4/c1-3-14-12-9-11(5-7-15-12)10-16(2)8-4-6-13/h5,7,9H,3-4,8,10H2,1-2H3,(H,14,15). The normalized spacial score (nSPS) is 10.1. The molecule has 4 nitrogen and oxygen atoms in total. The molecule has 86 valence electrons. The molecule has 0 amide bonds. The number of anilines is 1. The van der Waals surface area contributed by atoms with E-state index in [0.717, 1.165) is 25.5 Å². The van der Waals surface area contributed by atoms with Crippen molar-refractivity contribution in [2.45, 2.75) is 19.9 Å². The quantitative estimate of drug-likeness (QED) is 0.791. The van der Waals surface area contributed by atoms with Crippen molar-refractivity contribution in [2.24, 2.45) is 0 Å². The smallest absolute Gasteiger partial charge is 0.126 e. The second-order valence-corrected chi connectivity index (χ2v) is 3.73. The largest absolute Gasteiger partial charge is 0.370 e. The third kappa shape index (κ3) is 4.28. The van der Waals surface area contributed by atoms with Crippen LogP contribution in [0.5, 0.6) is 0 Å². The Hall–Kier alpha value is -1.60. The second-order valence-electron chi connectivity index (χ2n) is 3.73. The van der Waals surface area contributed by atoms with E-state index in [0.29, 0.717) is 6.42 Å². The minimum Gasteiger partial charge on any atom is -0.370 e. The Morgan fingerprint density at radius 1 is 1.56 bits per heavy atom.